The van der Waals surface area contributed by atoms with Gasteiger partial charge in [0.05, 0.1) is 19.8 Å². The molecule has 1 aromatic heterocycles. The lowest BCUT2D eigenvalue weighted by atomic mass is 10.1. The number of hydrogen-bond acceptors (Lipinski definition) is 3. The highest BCUT2D eigenvalue weighted by Gasteiger charge is 2.09. The number of aromatic nitrogens is 1. The number of H-pyrrole nitrogens is 1. The molecule has 3 rings (SSSR count). The fraction of sp³-hybridized carbons (Fsp3) is 0.318. The van der Waals surface area contributed by atoms with Gasteiger partial charge in [-0.3, -0.25) is 4.99 Å². The zero-order valence-corrected chi connectivity index (χ0v) is 16.7. The highest BCUT2D eigenvalue weighted by Crippen LogP contribution is 2.20. The van der Waals surface area contributed by atoms with Crippen LogP contribution in [0.4, 0.5) is 4.39 Å². The maximum Gasteiger partial charge on any atom is 0.191 e. The van der Waals surface area contributed by atoms with Crippen LogP contribution in [0.1, 0.15) is 24.2 Å². The van der Waals surface area contributed by atoms with Crippen molar-refractivity contribution in [2.75, 3.05) is 26.7 Å². The molecule has 0 amide bonds. The Morgan fingerprint density at radius 2 is 2.10 bits per heavy atom. The average molecular weight is 398 g/mol. The van der Waals surface area contributed by atoms with E-state index in [1.54, 1.807) is 19.2 Å². The number of aliphatic hydroxyl groups is 1. The zero-order valence-electron chi connectivity index (χ0n) is 16.7. The molecule has 29 heavy (non-hydrogen) atoms. The average Bonchev–Trinajstić information content (AvgIpc) is 3.13. The Hall–Kier alpha value is -3.06. The molecule has 7 heteroatoms. The van der Waals surface area contributed by atoms with E-state index in [4.69, 9.17) is 4.74 Å². The molecule has 3 aromatic rings. The quantitative estimate of drug-likeness (QED) is 0.347. The lowest BCUT2D eigenvalue weighted by molar-refractivity contribution is 0.186. The molecule has 0 aliphatic rings. The number of halogens is 1. The van der Waals surface area contributed by atoms with Crippen LogP contribution in [0.5, 0.6) is 5.75 Å². The number of ether oxygens (including phenoxy) is 1. The van der Waals surface area contributed by atoms with Gasteiger partial charge in [-0.25, -0.2) is 4.39 Å². The molecule has 0 saturated carbocycles. The Labute approximate surface area is 169 Å². The van der Waals surface area contributed by atoms with Crippen molar-refractivity contribution >= 4 is 16.9 Å². The second kappa shape index (κ2) is 9.93. The van der Waals surface area contributed by atoms with Crippen LogP contribution < -0.4 is 15.4 Å². The molecule has 2 aromatic carbocycles. The van der Waals surface area contributed by atoms with Gasteiger partial charge in [0.1, 0.15) is 11.6 Å². The van der Waals surface area contributed by atoms with E-state index < -0.39 is 6.10 Å². The van der Waals surface area contributed by atoms with Crippen LogP contribution in [0.2, 0.25) is 0 Å². The highest BCUT2D eigenvalue weighted by atomic mass is 19.1. The molecular formula is C22H27FN4O2. The first kappa shape index (κ1) is 20.7. The summed E-state index contributed by atoms with van der Waals surface area (Å²) in [6.07, 6.45) is 1.95. The summed E-state index contributed by atoms with van der Waals surface area (Å²) in [6, 6.07) is 12.1. The minimum atomic E-state index is -0.718. The van der Waals surface area contributed by atoms with Gasteiger partial charge in [-0.15, -0.1) is 0 Å². The first-order chi connectivity index (χ1) is 14.1. The van der Waals surface area contributed by atoms with E-state index in [2.05, 4.69) is 20.6 Å². The fourth-order valence-electron chi connectivity index (χ4n) is 3.15. The third-order valence-corrected chi connectivity index (χ3v) is 4.66. The van der Waals surface area contributed by atoms with Gasteiger partial charge in [0.25, 0.3) is 0 Å². The summed E-state index contributed by atoms with van der Waals surface area (Å²) in [5, 5.41) is 17.9. The smallest absolute Gasteiger partial charge is 0.191 e. The first-order valence-electron chi connectivity index (χ1n) is 9.70. The van der Waals surface area contributed by atoms with Crippen molar-refractivity contribution in [3.05, 3.63) is 65.6 Å². The Bertz CT molecular complexity index is 970. The van der Waals surface area contributed by atoms with Gasteiger partial charge in [-0.2, -0.15) is 0 Å². The fourth-order valence-corrected chi connectivity index (χ4v) is 3.15. The van der Waals surface area contributed by atoms with Crippen LogP contribution in [0, 0.1) is 5.82 Å². The number of benzene rings is 2. The Morgan fingerprint density at radius 1 is 1.24 bits per heavy atom. The topological polar surface area (TPSA) is 81.7 Å². The van der Waals surface area contributed by atoms with Gasteiger partial charge >= 0.3 is 0 Å². The van der Waals surface area contributed by atoms with Gasteiger partial charge in [0, 0.05) is 30.2 Å². The van der Waals surface area contributed by atoms with Crippen molar-refractivity contribution in [3.8, 4) is 5.75 Å². The molecule has 0 aliphatic carbocycles. The van der Waals surface area contributed by atoms with Crippen LogP contribution in [0.3, 0.4) is 0 Å². The lowest BCUT2D eigenvalue weighted by Crippen LogP contribution is -2.38. The van der Waals surface area contributed by atoms with Gasteiger partial charge in [0.2, 0.25) is 0 Å². The van der Waals surface area contributed by atoms with Crippen molar-refractivity contribution in [3.63, 3.8) is 0 Å². The first-order valence-corrected chi connectivity index (χ1v) is 9.70. The summed E-state index contributed by atoms with van der Waals surface area (Å²) >= 11 is 0. The zero-order chi connectivity index (χ0) is 20.6. The molecular weight excluding hydrogens is 371 g/mol. The number of nitrogens with one attached hydrogen (secondary N) is 3. The van der Waals surface area contributed by atoms with E-state index in [0.29, 0.717) is 24.8 Å². The van der Waals surface area contributed by atoms with Gasteiger partial charge in [0.15, 0.2) is 5.96 Å². The van der Waals surface area contributed by atoms with Crippen LogP contribution >= 0.6 is 0 Å². The summed E-state index contributed by atoms with van der Waals surface area (Å²) in [7, 11) is 1.60. The number of guanidine groups is 1. The van der Waals surface area contributed by atoms with E-state index in [0.717, 1.165) is 28.5 Å². The summed E-state index contributed by atoms with van der Waals surface area (Å²) in [5.74, 6) is 1.09. The van der Waals surface area contributed by atoms with E-state index in [9.17, 15) is 9.50 Å². The molecule has 0 radical (unpaired) electrons. The molecule has 4 N–H and O–H groups in total. The number of aliphatic imine (C=N–C) groups is 1. The molecule has 0 bridgehead atoms. The molecule has 1 unspecified atom stereocenters. The molecule has 0 spiro atoms. The number of fused-ring (bicyclic) bond motifs is 1. The lowest BCUT2D eigenvalue weighted by Gasteiger charge is -2.14. The van der Waals surface area contributed by atoms with Crippen LogP contribution in [-0.4, -0.2) is 42.8 Å². The summed E-state index contributed by atoms with van der Waals surface area (Å²) < 4.78 is 18.5. The van der Waals surface area contributed by atoms with Crippen molar-refractivity contribution in [2.24, 2.45) is 4.99 Å². The van der Waals surface area contributed by atoms with Crippen molar-refractivity contribution in [1.29, 1.82) is 0 Å². The predicted molar refractivity (Wildman–Crippen MR) is 114 cm³/mol. The molecule has 0 saturated heterocycles. The minimum absolute atomic E-state index is 0.231. The molecule has 1 atom stereocenters. The van der Waals surface area contributed by atoms with E-state index in [-0.39, 0.29) is 12.4 Å². The molecule has 154 valence electrons. The van der Waals surface area contributed by atoms with Gasteiger partial charge in [-0.1, -0.05) is 12.1 Å². The van der Waals surface area contributed by atoms with Gasteiger partial charge < -0.3 is 25.5 Å². The SMILES string of the molecule is CCNC(=NCC(O)c1cccc(OC)c1)NCCc1c[nH]c2cc(F)ccc12. The summed E-state index contributed by atoms with van der Waals surface area (Å²) in [6.45, 7) is 3.59. The van der Waals surface area contributed by atoms with Crippen molar-refractivity contribution < 1.29 is 14.2 Å². The maximum atomic E-state index is 13.3. The van der Waals surface area contributed by atoms with Crippen molar-refractivity contribution in [2.45, 2.75) is 19.4 Å². The summed E-state index contributed by atoms with van der Waals surface area (Å²) in [4.78, 5) is 7.59. The molecule has 0 aliphatic heterocycles. The number of methoxy groups -OCH3 is 1. The Kier molecular flexibility index (Phi) is 7.08. The normalized spacial score (nSPS) is 12.8. The maximum absolute atomic E-state index is 13.3. The number of aromatic amines is 1. The number of rotatable bonds is 8. The second-order valence-electron chi connectivity index (χ2n) is 6.69. The highest BCUT2D eigenvalue weighted by molar-refractivity contribution is 5.83. The molecule has 6 nitrogen and oxygen atoms in total. The summed E-state index contributed by atoms with van der Waals surface area (Å²) in [5.41, 5.74) is 2.66. The van der Waals surface area contributed by atoms with E-state index >= 15 is 0 Å². The largest absolute Gasteiger partial charge is 0.497 e. The van der Waals surface area contributed by atoms with Crippen LogP contribution in [-0.2, 0) is 6.42 Å². The van der Waals surface area contributed by atoms with E-state index in [1.165, 1.54) is 12.1 Å². The third-order valence-electron chi connectivity index (χ3n) is 4.66. The number of nitrogens with zero attached hydrogens (tertiary/aromatic N) is 1. The minimum Gasteiger partial charge on any atom is -0.497 e. The van der Waals surface area contributed by atoms with Gasteiger partial charge in [-0.05, 0) is 54.8 Å². The second-order valence-corrected chi connectivity index (χ2v) is 6.69. The molecule has 0 fully saturated rings. The van der Waals surface area contributed by atoms with Crippen molar-refractivity contribution in [1.82, 2.24) is 15.6 Å². The van der Waals surface area contributed by atoms with Crippen LogP contribution in [0.15, 0.2) is 53.7 Å². The standard InChI is InChI=1S/C22H27FN4O2/c1-3-24-22(27-14-21(28)15-5-4-6-18(11-15)29-2)25-10-9-16-13-26-20-12-17(23)7-8-19(16)20/h4-8,11-13,21,26,28H,3,9-10,14H2,1-2H3,(H2,24,25,27). The number of hydrogen-bond donors (Lipinski definition) is 4. The van der Waals surface area contributed by atoms with E-state index in [1.807, 2.05) is 31.3 Å². The van der Waals surface area contributed by atoms with Crippen LogP contribution in [0.25, 0.3) is 10.9 Å². The number of aliphatic hydroxyl groups excluding tert-OH is 1. The Morgan fingerprint density at radius 3 is 2.90 bits per heavy atom. The predicted octanol–water partition coefficient (Wildman–Crippen LogP) is 3.15. The third kappa shape index (κ3) is 5.48. The molecule has 1 heterocycles. The monoisotopic (exact) mass is 398 g/mol. The Balaban J connectivity index is 1.58.